The van der Waals surface area contributed by atoms with Crippen LogP contribution in [0.2, 0.25) is 0 Å². The molecule has 1 atom stereocenters. The molecule has 1 unspecified atom stereocenters. The van der Waals surface area contributed by atoms with Crippen LogP contribution in [0.4, 0.5) is 0 Å². The number of H-pyrrole nitrogens is 1. The smallest absolute Gasteiger partial charge is 0.272 e. The van der Waals surface area contributed by atoms with E-state index < -0.39 is 10.8 Å². The summed E-state index contributed by atoms with van der Waals surface area (Å²) in [4.78, 5) is 20.3. The van der Waals surface area contributed by atoms with Crippen LogP contribution in [0.3, 0.4) is 0 Å². The van der Waals surface area contributed by atoms with Gasteiger partial charge in [0.15, 0.2) is 0 Å². The molecule has 0 saturated carbocycles. The van der Waals surface area contributed by atoms with Crippen molar-refractivity contribution in [2.75, 3.05) is 72.7 Å². The Balaban J connectivity index is 0.000000165. The zero-order valence-corrected chi connectivity index (χ0v) is 21.9. The number of methoxy groups -OCH3 is 1. The number of likely N-dealkylation sites (tertiary alicyclic amines) is 2. The van der Waals surface area contributed by atoms with Gasteiger partial charge in [0.25, 0.3) is 5.91 Å². The lowest BCUT2D eigenvalue weighted by Gasteiger charge is -2.39. The molecule has 0 bridgehead atoms. The van der Waals surface area contributed by atoms with Crippen LogP contribution in [-0.4, -0.2) is 114 Å². The molecule has 4 aliphatic rings. The Hall–Kier alpha value is -2.11. The summed E-state index contributed by atoms with van der Waals surface area (Å²) in [6, 6.07) is 7.51. The van der Waals surface area contributed by atoms with Crippen LogP contribution in [-0.2, 0) is 26.0 Å². The number of hydrogen-bond donors (Lipinski definition) is 1. The maximum atomic E-state index is 12.7. The van der Waals surface area contributed by atoms with Crippen LogP contribution in [0.25, 0.3) is 11.3 Å². The lowest BCUT2D eigenvalue weighted by atomic mass is 10.1. The highest BCUT2D eigenvalue weighted by atomic mass is 32.2. The zero-order chi connectivity index (χ0) is 24.9. The molecule has 36 heavy (non-hydrogen) atoms. The van der Waals surface area contributed by atoms with E-state index in [9.17, 15) is 9.00 Å². The molecule has 0 aliphatic carbocycles. The molecule has 9 nitrogen and oxygen atoms in total. The lowest BCUT2D eigenvalue weighted by Crippen LogP contribution is -2.53. The number of aromatic nitrogens is 2. The van der Waals surface area contributed by atoms with Gasteiger partial charge in [-0.05, 0) is 32.0 Å². The normalized spacial score (nSPS) is 22.7. The van der Waals surface area contributed by atoms with Crippen molar-refractivity contribution in [3.05, 3.63) is 35.5 Å². The molecule has 1 N–H and O–H groups in total. The summed E-state index contributed by atoms with van der Waals surface area (Å²) >= 11 is 0. The minimum Gasteiger partial charge on any atom is -0.379 e. The number of nitrogens with one attached hydrogen (secondary N) is 1. The summed E-state index contributed by atoms with van der Waals surface area (Å²) < 4.78 is 22.9. The third-order valence-corrected chi connectivity index (χ3v) is 8.88. The van der Waals surface area contributed by atoms with Gasteiger partial charge in [0, 0.05) is 62.4 Å². The quantitative estimate of drug-likeness (QED) is 0.651. The van der Waals surface area contributed by atoms with Crippen LogP contribution >= 0.6 is 0 Å². The highest BCUT2D eigenvalue weighted by Crippen LogP contribution is 2.36. The standard InChI is InChI=1S/C15H15N3O3S.C11H22N2O/c19-15(18-5-7-21-8-6-18)14-11-9-22(20)12-4-2-1-3-10(12)13(11)16-17-14;1-14-11-9-13(10-11)8-7-12-5-3-2-4-6-12/h1-4H,5-9H2,(H,16,17);11H,2-10H2,1H3. The van der Waals surface area contributed by atoms with Crippen LogP contribution in [0.15, 0.2) is 29.2 Å². The van der Waals surface area contributed by atoms with Crippen molar-refractivity contribution in [2.24, 2.45) is 0 Å². The maximum Gasteiger partial charge on any atom is 0.272 e. The summed E-state index contributed by atoms with van der Waals surface area (Å²) in [5, 5.41) is 7.17. The van der Waals surface area contributed by atoms with E-state index in [2.05, 4.69) is 20.0 Å². The summed E-state index contributed by atoms with van der Waals surface area (Å²) in [5.41, 5.74) is 2.81. The summed E-state index contributed by atoms with van der Waals surface area (Å²) in [6.45, 7) is 9.68. The molecule has 1 aromatic heterocycles. The summed E-state index contributed by atoms with van der Waals surface area (Å²) in [6.07, 6.45) is 4.75. The molecule has 0 radical (unpaired) electrons. The Kier molecular flexibility index (Phi) is 8.48. The molecule has 1 aromatic carbocycles. The van der Waals surface area contributed by atoms with Gasteiger partial charge in [-0.2, -0.15) is 5.10 Å². The van der Waals surface area contributed by atoms with Gasteiger partial charge in [0.1, 0.15) is 5.69 Å². The first-order valence-corrected chi connectivity index (χ1v) is 14.4. The number of fused-ring (bicyclic) bond motifs is 3. The number of nitrogens with zero attached hydrogens (tertiary/aromatic N) is 4. The number of ether oxygens (including phenoxy) is 2. The van der Waals surface area contributed by atoms with E-state index in [-0.39, 0.29) is 5.91 Å². The highest BCUT2D eigenvalue weighted by molar-refractivity contribution is 7.84. The van der Waals surface area contributed by atoms with Crippen molar-refractivity contribution in [3.8, 4) is 11.3 Å². The van der Waals surface area contributed by atoms with Crippen LogP contribution in [0, 0.1) is 0 Å². The van der Waals surface area contributed by atoms with E-state index in [0.29, 0.717) is 43.9 Å². The number of amides is 1. The molecule has 6 rings (SSSR count). The molecule has 10 heteroatoms. The van der Waals surface area contributed by atoms with E-state index in [4.69, 9.17) is 9.47 Å². The first-order chi connectivity index (χ1) is 17.6. The Morgan fingerprint density at radius 3 is 2.56 bits per heavy atom. The van der Waals surface area contributed by atoms with Crippen molar-refractivity contribution in [3.63, 3.8) is 0 Å². The number of aromatic amines is 1. The third-order valence-electron chi connectivity index (χ3n) is 7.48. The Labute approximate surface area is 215 Å². The Morgan fingerprint density at radius 1 is 1.08 bits per heavy atom. The molecule has 5 heterocycles. The second-order valence-corrected chi connectivity index (χ2v) is 11.3. The number of hydrogen-bond acceptors (Lipinski definition) is 7. The number of benzene rings is 1. The van der Waals surface area contributed by atoms with Crippen molar-refractivity contribution in [1.82, 2.24) is 24.9 Å². The fourth-order valence-electron chi connectivity index (χ4n) is 5.22. The van der Waals surface area contributed by atoms with Crippen molar-refractivity contribution in [2.45, 2.75) is 36.0 Å². The number of carbonyl (C=O) groups is 1. The second-order valence-electron chi connectivity index (χ2n) is 9.84. The SMILES string of the molecule is COC1CN(CCN2CCCCC2)C1.O=C(c1[nH]nc2c1CS(=O)c1ccccc1-2)N1CCOCC1. The van der Waals surface area contributed by atoms with Gasteiger partial charge in [-0.1, -0.05) is 24.6 Å². The molecular formula is C26H37N5O4S. The molecule has 2 aromatic rings. The van der Waals surface area contributed by atoms with Crippen molar-refractivity contribution >= 4 is 16.7 Å². The van der Waals surface area contributed by atoms with Gasteiger partial charge in [0.2, 0.25) is 0 Å². The maximum absolute atomic E-state index is 12.7. The molecule has 1 amide bonds. The topological polar surface area (TPSA) is 91.0 Å². The number of morpholine rings is 1. The van der Waals surface area contributed by atoms with Gasteiger partial charge in [-0.25, -0.2) is 0 Å². The fraction of sp³-hybridized carbons (Fsp3) is 0.615. The first kappa shape index (κ1) is 25.5. The molecule has 196 valence electrons. The van der Waals surface area contributed by atoms with Crippen LogP contribution in [0.1, 0.15) is 35.3 Å². The van der Waals surface area contributed by atoms with Gasteiger partial charge in [-0.3, -0.25) is 19.0 Å². The van der Waals surface area contributed by atoms with E-state index in [1.807, 2.05) is 31.4 Å². The summed E-state index contributed by atoms with van der Waals surface area (Å²) in [5.74, 6) is 0.238. The third kappa shape index (κ3) is 5.73. The molecule has 3 saturated heterocycles. The monoisotopic (exact) mass is 515 g/mol. The number of carbonyl (C=O) groups excluding carboxylic acids is 1. The minimum absolute atomic E-state index is 0.0894. The lowest BCUT2D eigenvalue weighted by molar-refractivity contribution is -0.0327. The van der Waals surface area contributed by atoms with Gasteiger partial charge < -0.3 is 19.3 Å². The number of rotatable bonds is 5. The van der Waals surface area contributed by atoms with Crippen molar-refractivity contribution in [1.29, 1.82) is 0 Å². The van der Waals surface area contributed by atoms with Gasteiger partial charge in [0.05, 0.1) is 41.6 Å². The molecular weight excluding hydrogens is 478 g/mol. The average molecular weight is 516 g/mol. The van der Waals surface area contributed by atoms with Gasteiger partial charge in [-0.15, -0.1) is 0 Å². The van der Waals surface area contributed by atoms with Gasteiger partial charge >= 0.3 is 0 Å². The fourth-order valence-corrected chi connectivity index (χ4v) is 6.56. The van der Waals surface area contributed by atoms with Crippen molar-refractivity contribution < 1.29 is 18.5 Å². The minimum atomic E-state index is -1.14. The Morgan fingerprint density at radius 2 is 1.81 bits per heavy atom. The largest absolute Gasteiger partial charge is 0.379 e. The first-order valence-electron chi connectivity index (χ1n) is 13.0. The number of piperidine rings is 1. The molecule has 0 spiro atoms. The highest BCUT2D eigenvalue weighted by Gasteiger charge is 2.31. The Bertz CT molecular complexity index is 1060. The zero-order valence-electron chi connectivity index (χ0n) is 21.1. The predicted octanol–water partition coefficient (Wildman–Crippen LogP) is 1.97. The van der Waals surface area contributed by atoms with Crippen LogP contribution < -0.4 is 0 Å². The summed E-state index contributed by atoms with van der Waals surface area (Å²) in [7, 11) is 0.670. The van der Waals surface area contributed by atoms with Crippen LogP contribution in [0.5, 0.6) is 0 Å². The average Bonchev–Trinajstić information content (AvgIpc) is 3.33. The predicted molar refractivity (Wildman–Crippen MR) is 138 cm³/mol. The van der Waals surface area contributed by atoms with E-state index in [0.717, 1.165) is 34.8 Å². The second kappa shape index (κ2) is 12.0. The van der Waals surface area contributed by atoms with E-state index in [1.165, 1.54) is 45.4 Å². The molecule has 3 fully saturated rings. The van der Waals surface area contributed by atoms with E-state index in [1.54, 1.807) is 4.90 Å². The van der Waals surface area contributed by atoms with E-state index >= 15 is 0 Å². The molecule has 4 aliphatic heterocycles.